The first-order chi connectivity index (χ1) is 25.8. The van der Waals surface area contributed by atoms with Crippen LogP contribution in [0.3, 0.4) is 0 Å². The van der Waals surface area contributed by atoms with Crippen molar-refractivity contribution in [2.45, 2.75) is 233 Å². The van der Waals surface area contributed by atoms with E-state index in [1.165, 1.54) is 161 Å². The zero-order valence-corrected chi connectivity index (χ0v) is 36.1. The van der Waals surface area contributed by atoms with E-state index in [9.17, 15) is 9.90 Å². The standard InChI is InChI=1S/C48H88N2O3/c1-7-11-32-49(33-12-8-2)41-28-30-43-45(36-40(48(51)52)27-25-23-21-19-17-15-16-18-20-22-24-26-39(5)6)44-31-29-42(38-47(44)53-46(43)37-41)50(34-13-9-3)35-14-10-4/h23,25,39-44,46-47H,7-22,24,26-38H2,1-6H3/p+1. The molecule has 0 spiro atoms. The van der Waals surface area contributed by atoms with Crippen LogP contribution >= 0.6 is 0 Å². The van der Waals surface area contributed by atoms with Crippen molar-refractivity contribution in [1.29, 1.82) is 0 Å². The van der Waals surface area contributed by atoms with E-state index >= 15 is 0 Å². The summed E-state index contributed by atoms with van der Waals surface area (Å²) >= 11 is 0. The van der Waals surface area contributed by atoms with Crippen LogP contribution in [0.5, 0.6) is 0 Å². The number of hydrogen-bond donors (Lipinski definition) is 1. The third-order valence-electron chi connectivity index (χ3n) is 13.4. The van der Waals surface area contributed by atoms with Gasteiger partial charge in [-0.05, 0) is 116 Å². The maximum absolute atomic E-state index is 12.9. The molecule has 308 valence electrons. The Bertz CT molecular complexity index is 893. The van der Waals surface area contributed by atoms with Crippen molar-refractivity contribution < 1.29 is 14.6 Å². The molecule has 53 heavy (non-hydrogen) atoms. The molecule has 1 saturated heterocycles. The molecule has 0 aromatic rings. The molecule has 3 aliphatic rings. The summed E-state index contributed by atoms with van der Waals surface area (Å²) in [6.07, 6.45) is 36.8. The molecule has 7 atom stereocenters. The molecule has 0 aromatic heterocycles. The van der Waals surface area contributed by atoms with Gasteiger partial charge < -0.3 is 19.6 Å². The van der Waals surface area contributed by atoms with Crippen LogP contribution in [0.2, 0.25) is 0 Å². The van der Waals surface area contributed by atoms with E-state index < -0.39 is 5.97 Å². The van der Waals surface area contributed by atoms with E-state index in [2.05, 4.69) is 63.5 Å². The monoisotopic (exact) mass is 742 g/mol. The predicted octanol–water partition coefficient (Wildman–Crippen LogP) is 13.1. The Labute approximate surface area is 330 Å². The van der Waals surface area contributed by atoms with Crippen molar-refractivity contribution in [1.82, 2.24) is 9.80 Å². The Morgan fingerprint density at radius 1 is 0.660 bits per heavy atom. The minimum absolute atomic E-state index is 0.249. The van der Waals surface area contributed by atoms with Crippen LogP contribution in [-0.2, 0) is 9.53 Å². The Hall–Kier alpha value is -1.04. The van der Waals surface area contributed by atoms with E-state index in [0.29, 0.717) is 30.3 Å². The molecule has 0 amide bonds. The number of hydrogen-bond acceptors (Lipinski definition) is 4. The predicted molar refractivity (Wildman–Crippen MR) is 227 cm³/mol. The normalized spacial score (nSPS) is 25.4. The highest BCUT2D eigenvalue weighted by atomic mass is 16.5. The number of rotatable bonds is 30. The zero-order chi connectivity index (χ0) is 38.3. The number of carboxylic acids is 1. The molecule has 1 N–H and O–H groups in total. The summed E-state index contributed by atoms with van der Waals surface area (Å²) in [6.45, 7) is 18.8. The van der Waals surface area contributed by atoms with Gasteiger partial charge in [-0.15, -0.1) is 0 Å². The maximum Gasteiger partial charge on any atom is 0.311 e. The first kappa shape index (κ1) is 46.3. The van der Waals surface area contributed by atoms with Gasteiger partial charge in [-0.2, -0.15) is 0 Å². The van der Waals surface area contributed by atoms with Gasteiger partial charge in [-0.25, -0.2) is 0 Å². The fourth-order valence-electron chi connectivity index (χ4n) is 10.0. The summed E-state index contributed by atoms with van der Waals surface area (Å²) in [5, 5.41) is 10.6. The molecule has 0 bridgehead atoms. The molecule has 2 saturated carbocycles. The molecular weight excluding hydrogens is 653 g/mol. The lowest BCUT2D eigenvalue weighted by atomic mass is 9.61. The van der Waals surface area contributed by atoms with Crippen molar-refractivity contribution >= 4 is 5.97 Å². The first-order valence-electron chi connectivity index (χ1n) is 23.7. The van der Waals surface area contributed by atoms with Crippen molar-refractivity contribution in [3.8, 4) is 0 Å². The van der Waals surface area contributed by atoms with Gasteiger partial charge in [0.15, 0.2) is 0 Å². The van der Waals surface area contributed by atoms with Gasteiger partial charge in [0.05, 0.1) is 0 Å². The van der Waals surface area contributed by atoms with Crippen molar-refractivity contribution in [2.24, 2.45) is 23.7 Å². The summed E-state index contributed by atoms with van der Waals surface area (Å²) in [5.41, 5.74) is 0. The molecule has 1 aliphatic heterocycles. The SMILES string of the molecule is CCCCN(CCCC)C1CCC2[C+](CC(CC=CCCCCCCCCCCC(C)C)C(=O)O)C3CCC(N(CCCC)CCCC)CC3OC2C1. The maximum atomic E-state index is 12.9. The number of aliphatic carboxylic acids is 1. The number of unbranched alkanes of at least 4 members (excludes halogenated alkanes) is 12. The molecule has 0 aromatic carbocycles. The second-order valence-corrected chi connectivity index (χ2v) is 18.2. The zero-order valence-electron chi connectivity index (χ0n) is 36.1. The number of ether oxygens (including phenoxy) is 1. The molecule has 0 radical (unpaired) electrons. The van der Waals surface area contributed by atoms with Gasteiger partial charge in [0.2, 0.25) is 0 Å². The largest absolute Gasteiger partial charge is 0.481 e. The van der Waals surface area contributed by atoms with Crippen LogP contribution in [0.25, 0.3) is 0 Å². The summed E-state index contributed by atoms with van der Waals surface area (Å²) < 4.78 is 7.30. The average molecular weight is 742 g/mol. The van der Waals surface area contributed by atoms with Crippen LogP contribution in [0, 0.1) is 29.6 Å². The molecule has 1 heterocycles. The van der Waals surface area contributed by atoms with Gasteiger partial charge in [0, 0.05) is 12.1 Å². The number of nitrogens with zero attached hydrogens (tertiary/aromatic N) is 2. The summed E-state index contributed by atoms with van der Waals surface area (Å²) in [7, 11) is 0. The van der Waals surface area contributed by atoms with E-state index in [0.717, 1.165) is 31.6 Å². The Kier molecular flexibility index (Phi) is 24.1. The third kappa shape index (κ3) is 16.9. The number of fused-ring (bicyclic) bond motifs is 2. The lowest BCUT2D eigenvalue weighted by Crippen LogP contribution is -2.56. The molecule has 3 fully saturated rings. The van der Waals surface area contributed by atoms with Crippen LogP contribution in [0.1, 0.15) is 208 Å². The van der Waals surface area contributed by atoms with E-state index in [1.807, 2.05) is 0 Å². The molecule has 2 aliphatic carbocycles. The second kappa shape index (κ2) is 27.5. The summed E-state index contributed by atoms with van der Waals surface area (Å²) in [6, 6.07) is 1.20. The van der Waals surface area contributed by atoms with Crippen LogP contribution in [-0.4, -0.2) is 71.3 Å². The minimum Gasteiger partial charge on any atom is -0.481 e. The van der Waals surface area contributed by atoms with Crippen molar-refractivity contribution in [3.63, 3.8) is 0 Å². The minimum atomic E-state index is -0.604. The Balaban J connectivity index is 1.63. The van der Waals surface area contributed by atoms with Crippen LogP contribution in [0.4, 0.5) is 0 Å². The third-order valence-corrected chi connectivity index (χ3v) is 13.4. The number of carbonyl (C=O) groups is 1. The number of allylic oxidation sites excluding steroid dienone is 2. The van der Waals surface area contributed by atoms with Crippen molar-refractivity contribution in [3.05, 3.63) is 18.1 Å². The van der Waals surface area contributed by atoms with E-state index in [4.69, 9.17) is 4.74 Å². The lowest BCUT2D eigenvalue weighted by molar-refractivity contribution is -0.154. The highest BCUT2D eigenvalue weighted by Crippen LogP contribution is 2.52. The highest BCUT2D eigenvalue weighted by Gasteiger charge is 2.58. The fraction of sp³-hybridized carbons (Fsp3) is 0.917. The van der Waals surface area contributed by atoms with Gasteiger partial charge in [0.25, 0.3) is 0 Å². The van der Waals surface area contributed by atoms with E-state index in [-0.39, 0.29) is 18.1 Å². The Morgan fingerprint density at radius 2 is 1.11 bits per heavy atom. The van der Waals surface area contributed by atoms with Gasteiger partial charge in [-0.3, -0.25) is 4.79 Å². The Morgan fingerprint density at radius 3 is 1.55 bits per heavy atom. The van der Waals surface area contributed by atoms with Gasteiger partial charge in [-0.1, -0.05) is 131 Å². The molecule has 3 rings (SSSR count). The molecular formula is C48H89N2O3+. The smallest absolute Gasteiger partial charge is 0.311 e. The molecule has 5 heteroatoms. The second-order valence-electron chi connectivity index (χ2n) is 18.2. The first-order valence-corrected chi connectivity index (χ1v) is 23.7. The highest BCUT2D eigenvalue weighted by molar-refractivity contribution is 5.70. The molecule has 5 nitrogen and oxygen atoms in total. The lowest BCUT2D eigenvalue weighted by Gasteiger charge is -2.50. The summed E-state index contributed by atoms with van der Waals surface area (Å²) in [4.78, 5) is 18.5. The topological polar surface area (TPSA) is 53.0 Å². The van der Waals surface area contributed by atoms with Gasteiger partial charge in [0.1, 0.15) is 42.3 Å². The molecule has 7 unspecified atom stereocenters. The van der Waals surface area contributed by atoms with Crippen LogP contribution in [0.15, 0.2) is 12.2 Å². The van der Waals surface area contributed by atoms with Crippen LogP contribution < -0.4 is 0 Å². The fourth-order valence-corrected chi connectivity index (χ4v) is 10.0. The van der Waals surface area contributed by atoms with Gasteiger partial charge >= 0.3 is 5.97 Å². The summed E-state index contributed by atoms with van der Waals surface area (Å²) in [5.74, 6) is 2.38. The average Bonchev–Trinajstić information content (AvgIpc) is 3.15. The quantitative estimate of drug-likeness (QED) is 0.0451. The van der Waals surface area contributed by atoms with E-state index in [1.54, 1.807) is 5.92 Å². The number of carboxylic acid groups (broad SMARTS) is 1. The van der Waals surface area contributed by atoms with Crippen molar-refractivity contribution in [2.75, 3.05) is 26.2 Å².